The Morgan fingerprint density at radius 3 is 3.00 bits per heavy atom. The molecule has 1 aromatic heterocycles. The topological polar surface area (TPSA) is 40.7 Å². The van der Waals surface area contributed by atoms with Crippen LogP contribution in [0.5, 0.6) is 0 Å². The summed E-state index contributed by atoms with van der Waals surface area (Å²) in [7, 11) is 0. The van der Waals surface area contributed by atoms with Gasteiger partial charge in [-0.3, -0.25) is 0 Å². The molecule has 0 unspecified atom stereocenters. The molecule has 16 heavy (non-hydrogen) atoms. The van der Waals surface area contributed by atoms with E-state index in [9.17, 15) is 0 Å². The monoisotopic (exact) mass is 239 g/mol. The minimum Gasteiger partial charge on any atom is -0.340 e. The molecule has 0 bridgehead atoms. The molecule has 1 fully saturated rings. The normalized spacial score (nSPS) is 17.8. The Labute approximate surface area is 102 Å². The third kappa shape index (κ3) is 4.18. The second-order valence-corrected chi connectivity index (χ2v) is 5.53. The molecule has 4 heteroatoms. The van der Waals surface area contributed by atoms with E-state index >= 15 is 0 Å². The molecule has 1 aromatic rings. The number of imidazole rings is 1. The summed E-state index contributed by atoms with van der Waals surface area (Å²) in [5.74, 6) is 2.03. The zero-order valence-corrected chi connectivity index (χ0v) is 10.6. The van der Waals surface area contributed by atoms with Gasteiger partial charge in [0.05, 0.1) is 0 Å². The number of aromatic amines is 1. The molecule has 1 saturated carbocycles. The van der Waals surface area contributed by atoms with Gasteiger partial charge >= 0.3 is 0 Å². The van der Waals surface area contributed by atoms with Crippen LogP contribution >= 0.6 is 11.8 Å². The SMILES string of the molecule is c1c[nH]c(SCCNCC2CCCCC2)n1. The number of nitrogens with zero attached hydrogens (tertiary/aromatic N) is 1. The summed E-state index contributed by atoms with van der Waals surface area (Å²) in [5, 5.41) is 4.58. The van der Waals surface area contributed by atoms with E-state index in [4.69, 9.17) is 0 Å². The van der Waals surface area contributed by atoms with Crippen molar-refractivity contribution < 1.29 is 0 Å². The van der Waals surface area contributed by atoms with Crippen molar-refractivity contribution in [3.63, 3.8) is 0 Å². The van der Waals surface area contributed by atoms with Crippen molar-refractivity contribution in [3.05, 3.63) is 12.4 Å². The largest absolute Gasteiger partial charge is 0.340 e. The highest BCUT2D eigenvalue weighted by molar-refractivity contribution is 7.99. The van der Waals surface area contributed by atoms with Gasteiger partial charge in [0.25, 0.3) is 0 Å². The molecule has 0 atom stereocenters. The highest BCUT2D eigenvalue weighted by Gasteiger charge is 2.12. The van der Waals surface area contributed by atoms with Crippen molar-refractivity contribution in [2.45, 2.75) is 37.3 Å². The molecule has 0 aromatic carbocycles. The first kappa shape index (κ1) is 12.0. The van der Waals surface area contributed by atoms with Gasteiger partial charge in [0, 0.05) is 24.7 Å². The van der Waals surface area contributed by atoms with Crippen molar-refractivity contribution in [2.75, 3.05) is 18.8 Å². The Kier molecular flexibility index (Phi) is 5.22. The fraction of sp³-hybridized carbons (Fsp3) is 0.750. The van der Waals surface area contributed by atoms with Gasteiger partial charge in [-0.25, -0.2) is 4.98 Å². The van der Waals surface area contributed by atoms with Gasteiger partial charge in [-0.15, -0.1) is 0 Å². The van der Waals surface area contributed by atoms with Crippen LogP contribution in [0.4, 0.5) is 0 Å². The number of nitrogens with one attached hydrogen (secondary N) is 2. The predicted molar refractivity (Wildman–Crippen MR) is 68.8 cm³/mol. The van der Waals surface area contributed by atoms with Crippen LogP contribution in [0.2, 0.25) is 0 Å². The molecule has 0 amide bonds. The van der Waals surface area contributed by atoms with Crippen LogP contribution in [-0.2, 0) is 0 Å². The lowest BCUT2D eigenvalue weighted by atomic mass is 9.89. The zero-order valence-electron chi connectivity index (χ0n) is 9.74. The zero-order chi connectivity index (χ0) is 11.1. The second kappa shape index (κ2) is 6.97. The summed E-state index contributed by atoms with van der Waals surface area (Å²) in [6.45, 7) is 2.29. The standard InChI is InChI=1S/C12H21N3S/c1-2-4-11(5-3-1)10-13-8-9-16-12-14-6-7-15-12/h6-7,11,13H,1-5,8-10H2,(H,14,15). The van der Waals surface area contributed by atoms with E-state index in [2.05, 4.69) is 15.3 Å². The molecule has 3 nitrogen and oxygen atoms in total. The molecule has 0 spiro atoms. The summed E-state index contributed by atoms with van der Waals surface area (Å²) in [6, 6.07) is 0. The fourth-order valence-electron chi connectivity index (χ4n) is 2.25. The number of hydrogen-bond acceptors (Lipinski definition) is 3. The number of aromatic nitrogens is 2. The Bertz CT molecular complexity index is 268. The molecular formula is C12H21N3S. The maximum absolute atomic E-state index is 4.18. The van der Waals surface area contributed by atoms with Crippen LogP contribution in [0.1, 0.15) is 32.1 Å². The number of rotatable bonds is 6. The van der Waals surface area contributed by atoms with Gasteiger partial charge in [0.1, 0.15) is 0 Å². The Morgan fingerprint density at radius 1 is 1.38 bits per heavy atom. The highest BCUT2D eigenvalue weighted by atomic mass is 32.2. The lowest BCUT2D eigenvalue weighted by molar-refractivity contribution is 0.345. The molecule has 0 aliphatic heterocycles. The van der Waals surface area contributed by atoms with E-state index in [1.165, 1.54) is 38.6 Å². The minimum absolute atomic E-state index is 0.933. The first-order valence-electron chi connectivity index (χ1n) is 6.28. The van der Waals surface area contributed by atoms with Gasteiger partial charge < -0.3 is 10.3 Å². The average molecular weight is 239 g/mol. The molecule has 1 heterocycles. The average Bonchev–Trinajstić information content (AvgIpc) is 2.83. The Balaban J connectivity index is 1.48. The van der Waals surface area contributed by atoms with E-state index in [-0.39, 0.29) is 0 Å². The van der Waals surface area contributed by atoms with Crippen LogP contribution in [0.15, 0.2) is 17.6 Å². The number of hydrogen-bond donors (Lipinski definition) is 2. The van der Waals surface area contributed by atoms with Crippen LogP contribution in [0.25, 0.3) is 0 Å². The summed E-state index contributed by atoms with van der Waals surface area (Å²) in [4.78, 5) is 7.28. The predicted octanol–water partition coefficient (Wildman–Crippen LogP) is 2.67. The van der Waals surface area contributed by atoms with Gasteiger partial charge in [-0.05, 0) is 25.3 Å². The van der Waals surface area contributed by atoms with Crippen molar-refractivity contribution in [2.24, 2.45) is 5.92 Å². The van der Waals surface area contributed by atoms with E-state index < -0.39 is 0 Å². The number of H-pyrrole nitrogens is 1. The molecule has 0 radical (unpaired) electrons. The number of thioether (sulfide) groups is 1. The first-order valence-corrected chi connectivity index (χ1v) is 7.26. The van der Waals surface area contributed by atoms with Crippen molar-refractivity contribution >= 4 is 11.8 Å². The third-order valence-electron chi connectivity index (χ3n) is 3.15. The van der Waals surface area contributed by atoms with Crippen LogP contribution in [0, 0.1) is 5.92 Å². The highest BCUT2D eigenvalue weighted by Crippen LogP contribution is 2.22. The Hall–Kier alpha value is -0.480. The molecular weight excluding hydrogens is 218 g/mol. The minimum atomic E-state index is 0.933. The lowest BCUT2D eigenvalue weighted by Crippen LogP contribution is -2.26. The van der Waals surface area contributed by atoms with Crippen LogP contribution in [-0.4, -0.2) is 28.8 Å². The maximum Gasteiger partial charge on any atom is 0.165 e. The fourth-order valence-corrected chi connectivity index (χ4v) is 2.97. The second-order valence-electron chi connectivity index (χ2n) is 4.45. The third-order valence-corrected chi connectivity index (χ3v) is 4.05. The molecule has 1 aliphatic rings. The summed E-state index contributed by atoms with van der Waals surface area (Å²) >= 11 is 1.78. The van der Waals surface area contributed by atoms with E-state index in [0.29, 0.717) is 0 Å². The van der Waals surface area contributed by atoms with Crippen LogP contribution < -0.4 is 5.32 Å². The first-order chi connectivity index (χ1) is 7.95. The smallest absolute Gasteiger partial charge is 0.165 e. The van der Waals surface area contributed by atoms with Gasteiger partial charge in [-0.2, -0.15) is 0 Å². The van der Waals surface area contributed by atoms with Crippen LogP contribution in [0.3, 0.4) is 0 Å². The summed E-state index contributed by atoms with van der Waals surface area (Å²) < 4.78 is 0. The lowest BCUT2D eigenvalue weighted by Gasteiger charge is -2.21. The van der Waals surface area contributed by atoms with Gasteiger partial charge in [0.15, 0.2) is 5.16 Å². The van der Waals surface area contributed by atoms with Crippen molar-refractivity contribution in [1.29, 1.82) is 0 Å². The Morgan fingerprint density at radius 2 is 2.25 bits per heavy atom. The molecule has 90 valence electrons. The summed E-state index contributed by atoms with van der Waals surface area (Å²) in [5.41, 5.74) is 0. The van der Waals surface area contributed by atoms with Gasteiger partial charge in [0.2, 0.25) is 0 Å². The van der Waals surface area contributed by atoms with E-state index in [1.807, 2.05) is 6.20 Å². The molecule has 2 rings (SSSR count). The van der Waals surface area contributed by atoms with E-state index in [1.54, 1.807) is 18.0 Å². The summed E-state index contributed by atoms with van der Waals surface area (Å²) in [6.07, 6.45) is 10.9. The van der Waals surface area contributed by atoms with E-state index in [0.717, 1.165) is 23.4 Å². The van der Waals surface area contributed by atoms with Gasteiger partial charge in [-0.1, -0.05) is 31.0 Å². The molecule has 0 saturated heterocycles. The molecule has 1 aliphatic carbocycles. The van der Waals surface area contributed by atoms with Crippen molar-refractivity contribution in [1.82, 2.24) is 15.3 Å². The quantitative estimate of drug-likeness (QED) is 0.592. The van der Waals surface area contributed by atoms with Crippen molar-refractivity contribution in [3.8, 4) is 0 Å². The molecule has 2 N–H and O–H groups in total. The maximum atomic E-state index is 4.18.